The van der Waals surface area contributed by atoms with Gasteiger partial charge in [0.2, 0.25) is 21.8 Å². The monoisotopic (exact) mass is 647 g/mol. The van der Waals surface area contributed by atoms with Gasteiger partial charge in [0, 0.05) is 47.6 Å². The van der Waals surface area contributed by atoms with Crippen molar-refractivity contribution in [1.29, 1.82) is 0 Å². The molecule has 7 nitrogen and oxygen atoms in total. The predicted molar refractivity (Wildman–Crippen MR) is 169 cm³/mol. The van der Waals surface area contributed by atoms with Crippen molar-refractivity contribution in [2.45, 2.75) is 63.6 Å². The number of sulfonamides is 1. The van der Waals surface area contributed by atoms with Crippen molar-refractivity contribution in [2.24, 2.45) is 0 Å². The normalized spacial score (nSPS) is 14.3. The van der Waals surface area contributed by atoms with Gasteiger partial charge in [-0.25, -0.2) is 12.8 Å². The van der Waals surface area contributed by atoms with Crippen molar-refractivity contribution < 1.29 is 22.4 Å². The van der Waals surface area contributed by atoms with Crippen molar-refractivity contribution in [3.05, 3.63) is 99.8 Å². The second-order valence-electron chi connectivity index (χ2n) is 10.8. The Hall–Kier alpha value is -3.14. The Bertz CT molecular complexity index is 1480. The zero-order chi connectivity index (χ0) is 31.0. The third kappa shape index (κ3) is 9.17. The highest BCUT2D eigenvalue weighted by Gasteiger charge is 2.33. The zero-order valence-corrected chi connectivity index (χ0v) is 26.3. The maximum Gasteiger partial charge on any atom is 0.243 e. The van der Waals surface area contributed by atoms with Crippen molar-refractivity contribution >= 4 is 50.7 Å². The van der Waals surface area contributed by atoms with E-state index < -0.39 is 21.9 Å². The van der Waals surface area contributed by atoms with Gasteiger partial charge in [0.15, 0.2) is 0 Å². The van der Waals surface area contributed by atoms with Crippen LogP contribution in [0.3, 0.4) is 0 Å². The van der Waals surface area contributed by atoms with Crippen LogP contribution in [0.25, 0.3) is 0 Å². The fourth-order valence-electron chi connectivity index (χ4n) is 5.39. The van der Waals surface area contributed by atoms with Gasteiger partial charge in [-0.2, -0.15) is 0 Å². The lowest BCUT2D eigenvalue weighted by atomic mass is 10.0. The summed E-state index contributed by atoms with van der Waals surface area (Å²) < 4.78 is 39.8. The predicted octanol–water partition coefficient (Wildman–Crippen LogP) is 6.38. The summed E-state index contributed by atoms with van der Waals surface area (Å²) in [6.45, 7) is -0.00476. The van der Waals surface area contributed by atoms with Gasteiger partial charge in [-0.3, -0.25) is 13.9 Å². The number of amides is 2. The molecule has 1 aliphatic rings. The first kappa shape index (κ1) is 32.8. The summed E-state index contributed by atoms with van der Waals surface area (Å²) in [7, 11) is -3.71. The van der Waals surface area contributed by atoms with Gasteiger partial charge in [-0.05, 0) is 61.2 Å². The highest BCUT2D eigenvalue weighted by atomic mass is 35.5. The molecule has 43 heavy (non-hydrogen) atoms. The third-order valence-electron chi connectivity index (χ3n) is 7.63. The Morgan fingerprint density at radius 1 is 0.953 bits per heavy atom. The SMILES string of the molecule is CS(=O)(=O)N(CCCC(=O)N(Cc1c(Cl)cccc1Cl)C(Cc1ccccc1)C(=O)NC1CCCC1)c1ccc(F)cc1. The van der Waals surface area contributed by atoms with E-state index in [9.17, 15) is 22.4 Å². The summed E-state index contributed by atoms with van der Waals surface area (Å²) in [6, 6.07) is 18.9. The fraction of sp³-hybridized carbons (Fsp3) is 0.375. The summed E-state index contributed by atoms with van der Waals surface area (Å²) in [6.07, 6.45) is 5.31. The van der Waals surface area contributed by atoms with Crippen molar-refractivity contribution in [3.8, 4) is 0 Å². The van der Waals surface area contributed by atoms with Crippen molar-refractivity contribution in [1.82, 2.24) is 10.2 Å². The molecule has 0 bridgehead atoms. The van der Waals surface area contributed by atoms with Gasteiger partial charge < -0.3 is 10.2 Å². The molecule has 1 unspecified atom stereocenters. The quantitative estimate of drug-likeness (QED) is 0.233. The van der Waals surface area contributed by atoms with Crippen LogP contribution in [0.5, 0.6) is 0 Å². The molecule has 1 N–H and O–H groups in total. The zero-order valence-electron chi connectivity index (χ0n) is 24.0. The molecule has 0 radical (unpaired) electrons. The van der Waals surface area contributed by atoms with E-state index in [2.05, 4.69) is 5.32 Å². The first-order valence-corrected chi connectivity index (χ1v) is 16.9. The lowest BCUT2D eigenvalue weighted by molar-refractivity contribution is -0.141. The molecule has 3 aromatic carbocycles. The molecule has 0 spiro atoms. The molecule has 1 atom stereocenters. The lowest BCUT2D eigenvalue weighted by Crippen LogP contribution is -2.52. The van der Waals surface area contributed by atoms with Crippen LogP contribution in [0.2, 0.25) is 10.0 Å². The minimum atomic E-state index is -3.71. The Morgan fingerprint density at radius 2 is 1.58 bits per heavy atom. The van der Waals surface area contributed by atoms with Crippen LogP contribution in [0.4, 0.5) is 10.1 Å². The van der Waals surface area contributed by atoms with Gasteiger partial charge >= 0.3 is 0 Å². The molecule has 1 saturated carbocycles. The fourth-order valence-corrected chi connectivity index (χ4v) is 6.87. The van der Waals surface area contributed by atoms with E-state index in [0.29, 0.717) is 21.3 Å². The number of hydrogen-bond donors (Lipinski definition) is 1. The Balaban J connectivity index is 1.62. The molecule has 1 fully saturated rings. The molecule has 0 aliphatic heterocycles. The second-order valence-corrected chi connectivity index (χ2v) is 13.6. The molecule has 2 amide bonds. The maximum absolute atomic E-state index is 14.0. The number of carbonyl (C=O) groups excluding carboxylic acids is 2. The number of halogens is 3. The highest BCUT2D eigenvalue weighted by molar-refractivity contribution is 7.92. The van der Waals surface area contributed by atoms with Crippen LogP contribution < -0.4 is 9.62 Å². The first-order chi connectivity index (χ1) is 20.5. The van der Waals surface area contributed by atoms with Crippen LogP contribution in [0, 0.1) is 5.82 Å². The summed E-state index contributed by atoms with van der Waals surface area (Å²) in [5.74, 6) is -1.08. The first-order valence-electron chi connectivity index (χ1n) is 14.3. The van der Waals surface area contributed by atoms with Crippen LogP contribution >= 0.6 is 23.2 Å². The number of benzene rings is 3. The number of nitrogens with zero attached hydrogens (tertiary/aromatic N) is 2. The van der Waals surface area contributed by atoms with Crippen molar-refractivity contribution in [3.63, 3.8) is 0 Å². The van der Waals surface area contributed by atoms with Crippen LogP contribution in [0.15, 0.2) is 72.8 Å². The van der Waals surface area contributed by atoms with Crippen LogP contribution in [-0.4, -0.2) is 50.0 Å². The molecular formula is C32H36Cl2FN3O4S. The average Bonchev–Trinajstić information content (AvgIpc) is 3.48. The molecule has 4 rings (SSSR count). The van der Waals surface area contributed by atoms with Crippen LogP contribution in [0.1, 0.15) is 49.7 Å². The number of anilines is 1. The van der Waals surface area contributed by atoms with E-state index in [1.54, 1.807) is 18.2 Å². The summed E-state index contributed by atoms with van der Waals surface area (Å²) >= 11 is 13.0. The van der Waals surface area contributed by atoms with Gasteiger partial charge in [0.25, 0.3) is 0 Å². The molecule has 1 aliphatic carbocycles. The van der Waals surface area contributed by atoms with Gasteiger partial charge in [0.1, 0.15) is 11.9 Å². The molecule has 0 saturated heterocycles. The smallest absolute Gasteiger partial charge is 0.243 e. The summed E-state index contributed by atoms with van der Waals surface area (Å²) in [4.78, 5) is 29.4. The van der Waals surface area contributed by atoms with E-state index in [4.69, 9.17) is 23.2 Å². The standard InChI is InChI=1S/C32H36Cl2FN3O4S/c1-43(41,42)38(26-18-16-24(35)17-19-26)20-8-15-31(39)37(22-27-28(33)13-7-14-29(27)34)30(21-23-9-3-2-4-10-23)32(40)36-25-11-5-6-12-25/h2-4,7,9-10,13-14,16-19,25,30H,5-6,8,11-12,15,20-22H2,1H3,(H,36,40). The number of rotatable bonds is 13. The van der Waals surface area contributed by atoms with Crippen LogP contribution in [-0.2, 0) is 32.6 Å². The lowest BCUT2D eigenvalue weighted by Gasteiger charge is -2.33. The Labute approximate surface area is 263 Å². The summed E-state index contributed by atoms with van der Waals surface area (Å²) in [5, 5.41) is 3.90. The minimum absolute atomic E-state index is 0.000674. The van der Waals surface area contributed by atoms with E-state index in [0.717, 1.165) is 41.8 Å². The van der Waals surface area contributed by atoms with E-state index in [1.807, 2.05) is 30.3 Å². The van der Waals surface area contributed by atoms with Gasteiger partial charge in [-0.15, -0.1) is 0 Å². The van der Waals surface area contributed by atoms with E-state index in [1.165, 1.54) is 29.2 Å². The molecular weight excluding hydrogens is 612 g/mol. The summed E-state index contributed by atoms with van der Waals surface area (Å²) in [5.41, 5.74) is 1.71. The van der Waals surface area contributed by atoms with Crippen molar-refractivity contribution in [2.75, 3.05) is 17.1 Å². The molecule has 0 aromatic heterocycles. The molecule has 0 heterocycles. The minimum Gasteiger partial charge on any atom is -0.352 e. The Kier molecular flexibility index (Phi) is 11.5. The van der Waals surface area contributed by atoms with E-state index in [-0.39, 0.29) is 50.2 Å². The largest absolute Gasteiger partial charge is 0.352 e. The second kappa shape index (κ2) is 15.0. The number of carbonyl (C=O) groups is 2. The number of hydrogen-bond acceptors (Lipinski definition) is 4. The third-order valence-corrected chi connectivity index (χ3v) is 9.53. The highest BCUT2D eigenvalue weighted by Crippen LogP contribution is 2.28. The van der Waals surface area contributed by atoms with Gasteiger partial charge in [0.05, 0.1) is 11.9 Å². The van der Waals surface area contributed by atoms with E-state index >= 15 is 0 Å². The molecule has 230 valence electrons. The Morgan fingerprint density at radius 3 is 2.19 bits per heavy atom. The number of nitrogens with one attached hydrogen (secondary N) is 1. The van der Waals surface area contributed by atoms with Gasteiger partial charge in [-0.1, -0.05) is 72.4 Å². The molecule has 3 aromatic rings. The maximum atomic E-state index is 14.0. The topological polar surface area (TPSA) is 86.8 Å². The molecule has 11 heteroatoms. The average molecular weight is 649 g/mol.